The molecule has 46 heavy (non-hydrogen) atoms. The second-order valence-corrected chi connectivity index (χ2v) is 17.7. The van der Waals surface area contributed by atoms with E-state index in [9.17, 15) is 18.0 Å². The fraction of sp³-hybridized carbons (Fsp3) is 0.485. The normalized spacial score (nSPS) is 23.0. The highest BCUT2D eigenvalue weighted by Crippen LogP contribution is 2.51. The van der Waals surface area contributed by atoms with Crippen LogP contribution in [0.25, 0.3) is 0 Å². The maximum atomic E-state index is 15.1. The summed E-state index contributed by atoms with van der Waals surface area (Å²) in [4.78, 5) is 33.6. The van der Waals surface area contributed by atoms with Crippen molar-refractivity contribution in [2.24, 2.45) is 5.92 Å². The molecule has 8 nitrogen and oxygen atoms in total. The zero-order chi connectivity index (χ0) is 33.6. The molecule has 1 aliphatic carbocycles. The molecule has 0 radical (unpaired) electrons. The minimum absolute atomic E-state index is 0.00538. The van der Waals surface area contributed by atoms with Gasteiger partial charge in [-0.05, 0) is 88.8 Å². The zero-order valence-electron chi connectivity index (χ0n) is 26.3. The van der Waals surface area contributed by atoms with Gasteiger partial charge in [-0.25, -0.2) is 22.6 Å². The molecule has 0 N–H and O–H groups in total. The number of nitrogens with zero attached hydrogens (tertiary/aromatic N) is 2. The number of hydrogen-bond acceptors (Lipinski definition) is 8. The standard InChI is InChI=1S/C33H37Cl2FN2O6S2/c1-6-43-30(39)26-17-37-27(45-26)16-33(5)31(40)38(25(19-10-11-19)18-46(41,42)32(2,3)4)28(20-12-13-23(35)24(36)15-20)29(44-33)21-8-7-9-22(34)14-21/h7-9,12-15,17,19,25,28-29H,6,10-11,16,18H2,1-5H3/t25-,28-,29-,33-/m1/s1. The van der Waals surface area contributed by atoms with Gasteiger partial charge >= 0.3 is 5.97 Å². The quantitative estimate of drug-likeness (QED) is 0.202. The van der Waals surface area contributed by atoms with Crippen LogP contribution >= 0.6 is 34.5 Å². The van der Waals surface area contributed by atoms with Gasteiger partial charge in [-0.3, -0.25) is 4.79 Å². The van der Waals surface area contributed by atoms with Crippen molar-refractivity contribution in [3.63, 3.8) is 0 Å². The average Bonchev–Trinajstić information content (AvgIpc) is 3.72. The van der Waals surface area contributed by atoms with E-state index in [1.807, 2.05) is 6.07 Å². The molecule has 0 unspecified atom stereocenters. The number of halogens is 3. The third-order valence-electron chi connectivity index (χ3n) is 8.49. The average molecular weight is 712 g/mol. The van der Waals surface area contributed by atoms with Crippen LogP contribution in [-0.2, 0) is 30.5 Å². The number of morpholine rings is 1. The number of thiazole rings is 1. The summed E-state index contributed by atoms with van der Waals surface area (Å²) in [6.45, 7) is 8.48. The Morgan fingerprint density at radius 1 is 1.20 bits per heavy atom. The molecule has 0 bridgehead atoms. The predicted molar refractivity (Wildman–Crippen MR) is 177 cm³/mol. The molecule has 2 aliphatic rings. The topological polar surface area (TPSA) is 103 Å². The summed E-state index contributed by atoms with van der Waals surface area (Å²) in [5.41, 5.74) is -0.521. The summed E-state index contributed by atoms with van der Waals surface area (Å²) in [6.07, 6.45) is 2.00. The van der Waals surface area contributed by atoms with Crippen LogP contribution in [0.5, 0.6) is 0 Å². The van der Waals surface area contributed by atoms with E-state index in [-0.39, 0.29) is 34.6 Å². The van der Waals surface area contributed by atoms with E-state index in [1.165, 1.54) is 18.3 Å². The van der Waals surface area contributed by atoms with Gasteiger partial charge in [0.15, 0.2) is 15.4 Å². The first-order chi connectivity index (χ1) is 21.5. The molecule has 2 fully saturated rings. The van der Waals surface area contributed by atoms with Crippen molar-refractivity contribution in [3.8, 4) is 0 Å². The summed E-state index contributed by atoms with van der Waals surface area (Å²) in [6, 6.07) is 9.68. The van der Waals surface area contributed by atoms with E-state index in [0.717, 1.165) is 24.2 Å². The zero-order valence-corrected chi connectivity index (χ0v) is 29.4. The van der Waals surface area contributed by atoms with E-state index in [1.54, 1.807) is 63.8 Å². The molecule has 2 aromatic carbocycles. The monoisotopic (exact) mass is 710 g/mol. The molecule has 3 aromatic rings. The molecule has 1 aliphatic heterocycles. The first-order valence-electron chi connectivity index (χ1n) is 15.1. The van der Waals surface area contributed by atoms with Crippen LogP contribution in [0, 0.1) is 11.7 Å². The summed E-state index contributed by atoms with van der Waals surface area (Å²) in [7, 11) is -3.70. The molecule has 0 spiro atoms. The van der Waals surface area contributed by atoms with Crippen LogP contribution in [0.15, 0.2) is 48.7 Å². The SMILES string of the molecule is CCOC(=O)c1cnc(C[C@@]2(C)O[C@H](c3cccc(Cl)c3)[C@@H](c3ccc(Cl)c(F)c3)N([C@H](CS(=O)(=O)C(C)(C)C)C3CC3)C2=O)s1. The number of aromatic nitrogens is 1. The second-order valence-electron chi connectivity index (χ2n) is 13.0. The number of amides is 1. The third-order valence-corrected chi connectivity index (χ3v) is 12.7. The fourth-order valence-corrected chi connectivity index (χ4v) is 8.41. The smallest absolute Gasteiger partial charge is 0.349 e. The Labute approximate surface area is 283 Å². The van der Waals surface area contributed by atoms with Crippen LogP contribution < -0.4 is 0 Å². The first kappa shape index (κ1) is 34.8. The molecule has 1 amide bonds. The minimum Gasteiger partial charge on any atom is -0.462 e. The molecule has 1 aromatic heterocycles. The lowest BCUT2D eigenvalue weighted by Gasteiger charge is -2.52. The van der Waals surface area contributed by atoms with Gasteiger partial charge < -0.3 is 14.4 Å². The van der Waals surface area contributed by atoms with Crippen molar-refractivity contribution >= 4 is 56.3 Å². The van der Waals surface area contributed by atoms with Crippen LogP contribution in [-0.4, -0.2) is 58.9 Å². The molecule has 1 saturated carbocycles. The molecule has 1 saturated heterocycles. The van der Waals surface area contributed by atoms with Gasteiger partial charge in [0.05, 0.1) is 39.4 Å². The van der Waals surface area contributed by atoms with Crippen LogP contribution in [0.3, 0.4) is 0 Å². The summed E-state index contributed by atoms with van der Waals surface area (Å²) >= 11 is 13.6. The molecule has 2 heterocycles. The molecule has 5 rings (SSSR count). The number of rotatable bonds is 10. The van der Waals surface area contributed by atoms with E-state index in [2.05, 4.69) is 4.98 Å². The summed E-state index contributed by atoms with van der Waals surface area (Å²) < 4.78 is 53.4. The Bertz CT molecular complexity index is 1740. The van der Waals surface area contributed by atoms with Crippen LogP contribution in [0.2, 0.25) is 10.0 Å². The summed E-state index contributed by atoms with van der Waals surface area (Å²) in [5.74, 6) is -2.01. The number of carbonyl (C=O) groups is 2. The maximum absolute atomic E-state index is 15.1. The number of ether oxygens (including phenoxy) is 2. The number of benzene rings is 2. The van der Waals surface area contributed by atoms with Crippen molar-refractivity contribution in [1.82, 2.24) is 9.88 Å². The number of sulfone groups is 1. The lowest BCUT2D eigenvalue weighted by Crippen LogP contribution is -2.62. The third kappa shape index (κ3) is 7.13. The number of carbonyl (C=O) groups excluding carboxylic acids is 2. The first-order valence-corrected chi connectivity index (χ1v) is 18.3. The van der Waals surface area contributed by atoms with E-state index in [0.29, 0.717) is 21.2 Å². The van der Waals surface area contributed by atoms with E-state index in [4.69, 9.17) is 32.7 Å². The van der Waals surface area contributed by atoms with Gasteiger partial charge in [0.1, 0.15) is 16.8 Å². The Morgan fingerprint density at radius 2 is 1.91 bits per heavy atom. The highest BCUT2D eigenvalue weighted by Gasteiger charge is 2.56. The van der Waals surface area contributed by atoms with Crippen molar-refractivity contribution in [1.29, 1.82) is 0 Å². The van der Waals surface area contributed by atoms with Gasteiger partial charge in [-0.15, -0.1) is 11.3 Å². The number of esters is 1. The van der Waals surface area contributed by atoms with Crippen LogP contribution in [0.1, 0.15) is 85.4 Å². The minimum atomic E-state index is -3.70. The van der Waals surface area contributed by atoms with Gasteiger partial charge in [-0.2, -0.15) is 0 Å². The van der Waals surface area contributed by atoms with Crippen molar-refractivity contribution in [3.05, 3.63) is 85.5 Å². The Morgan fingerprint density at radius 3 is 2.52 bits per heavy atom. The molecular formula is C33H37Cl2FN2O6S2. The molecule has 13 heteroatoms. The van der Waals surface area contributed by atoms with Crippen molar-refractivity contribution in [2.45, 2.75) is 82.4 Å². The summed E-state index contributed by atoms with van der Waals surface area (Å²) in [5, 5.41) is 0.808. The Hall–Kier alpha value is -2.57. The Kier molecular flexibility index (Phi) is 9.93. The lowest BCUT2D eigenvalue weighted by atomic mass is 9.85. The van der Waals surface area contributed by atoms with Crippen molar-refractivity contribution < 1.29 is 31.9 Å². The molecule has 248 valence electrons. The van der Waals surface area contributed by atoms with Gasteiger partial charge in [-0.1, -0.05) is 41.4 Å². The number of hydrogen-bond donors (Lipinski definition) is 0. The van der Waals surface area contributed by atoms with Crippen molar-refractivity contribution in [2.75, 3.05) is 12.4 Å². The molecule has 4 atom stereocenters. The van der Waals surface area contributed by atoms with Gasteiger partial charge in [0, 0.05) is 17.5 Å². The fourth-order valence-electron chi connectivity index (χ4n) is 5.76. The lowest BCUT2D eigenvalue weighted by molar-refractivity contribution is -0.202. The van der Waals surface area contributed by atoms with Gasteiger partial charge in [0.2, 0.25) is 0 Å². The van der Waals surface area contributed by atoms with Gasteiger partial charge in [0.25, 0.3) is 5.91 Å². The molecular weight excluding hydrogens is 674 g/mol. The highest BCUT2D eigenvalue weighted by molar-refractivity contribution is 7.92. The largest absolute Gasteiger partial charge is 0.462 e. The van der Waals surface area contributed by atoms with Crippen LogP contribution in [0.4, 0.5) is 4.39 Å². The second kappa shape index (κ2) is 13.1. The van der Waals surface area contributed by atoms with E-state index >= 15 is 4.39 Å². The highest BCUT2D eigenvalue weighted by atomic mass is 35.5. The Balaban J connectivity index is 1.68. The predicted octanol–water partition coefficient (Wildman–Crippen LogP) is 7.40. The maximum Gasteiger partial charge on any atom is 0.349 e. The van der Waals surface area contributed by atoms with E-state index < -0.39 is 56.1 Å².